The lowest BCUT2D eigenvalue weighted by Gasteiger charge is -2.04. The standard InChI is InChI=1S/C10H10BN3/c11-9-6-10(13-7-12-9)14-8-4-2-1-3-5-8/h1-7H,11H2,(H,12,13,14). The Morgan fingerprint density at radius 3 is 2.57 bits per heavy atom. The predicted molar refractivity (Wildman–Crippen MR) is 59.9 cm³/mol. The summed E-state index contributed by atoms with van der Waals surface area (Å²) in [6, 6.07) is 11.9. The summed E-state index contributed by atoms with van der Waals surface area (Å²) >= 11 is 0. The van der Waals surface area contributed by atoms with Crippen molar-refractivity contribution in [3.63, 3.8) is 0 Å². The van der Waals surface area contributed by atoms with Crippen molar-refractivity contribution in [2.24, 2.45) is 0 Å². The van der Waals surface area contributed by atoms with Gasteiger partial charge < -0.3 is 5.32 Å². The van der Waals surface area contributed by atoms with Crippen molar-refractivity contribution in [3.8, 4) is 0 Å². The summed E-state index contributed by atoms with van der Waals surface area (Å²) in [5, 5.41) is 3.19. The number of rotatable bonds is 2. The third kappa shape index (κ3) is 2.10. The number of benzene rings is 1. The van der Waals surface area contributed by atoms with E-state index in [1.165, 1.54) is 0 Å². The monoisotopic (exact) mass is 183 g/mol. The average molecular weight is 183 g/mol. The molecule has 0 saturated carbocycles. The van der Waals surface area contributed by atoms with Crippen molar-refractivity contribution in [1.82, 2.24) is 9.97 Å². The van der Waals surface area contributed by atoms with E-state index in [9.17, 15) is 0 Å². The minimum atomic E-state index is 0.823. The molecule has 0 spiro atoms. The van der Waals surface area contributed by atoms with Gasteiger partial charge in [-0.05, 0) is 18.2 Å². The minimum absolute atomic E-state index is 0.823. The number of hydrogen-bond acceptors (Lipinski definition) is 3. The lowest BCUT2D eigenvalue weighted by molar-refractivity contribution is 1.20. The fourth-order valence-corrected chi connectivity index (χ4v) is 1.19. The highest BCUT2D eigenvalue weighted by Crippen LogP contribution is 2.10. The molecule has 0 aliphatic carbocycles. The van der Waals surface area contributed by atoms with E-state index in [1.54, 1.807) is 6.33 Å². The molecule has 0 amide bonds. The zero-order valence-corrected chi connectivity index (χ0v) is 7.94. The molecule has 2 aromatic rings. The Labute approximate surface area is 83.6 Å². The third-order valence-corrected chi connectivity index (χ3v) is 1.85. The lowest BCUT2D eigenvalue weighted by Crippen LogP contribution is -2.09. The van der Waals surface area contributed by atoms with E-state index in [0.29, 0.717) is 0 Å². The van der Waals surface area contributed by atoms with Gasteiger partial charge in [-0.2, -0.15) is 0 Å². The second-order valence-corrected chi connectivity index (χ2v) is 3.04. The number of hydrogen-bond donors (Lipinski definition) is 1. The van der Waals surface area contributed by atoms with Gasteiger partial charge in [0.1, 0.15) is 12.1 Å². The first-order valence-corrected chi connectivity index (χ1v) is 4.45. The summed E-state index contributed by atoms with van der Waals surface area (Å²) in [5.74, 6) is 0.823. The van der Waals surface area contributed by atoms with Crippen LogP contribution in [-0.2, 0) is 0 Å². The molecule has 1 heterocycles. The Morgan fingerprint density at radius 2 is 1.86 bits per heavy atom. The molecule has 4 heteroatoms. The van der Waals surface area contributed by atoms with Crippen molar-refractivity contribution in [1.29, 1.82) is 0 Å². The molecule has 3 nitrogen and oxygen atoms in total. The van der Waals surface area contributed by atoms with Crippen LogP contribution < -0.4 is 10.9 Å². The summed E-state index contributed by atoms with van der Waals surface area (Å²) in [6.07, 6.45) is 1.56. The predicted octanol–water partition coefficient (Wildman–Crippen LogP) is 0.479. The molecule has 0 fully saturated rings. The van der Waals surface area contributed by atoms with Crippen molar-refractivity contribution < 1.29 is 0 Å². The average Bonchev–Trinajstić information content (AvgIpc) is 2.19. The van der Waals surface area contributed by atoms with Crippen LogP contribution in [0.15, 0.2) is 42.7 Å². The molecule has 0 atom stereocenters. The van der Waals surface area contributed by atoms with Gasteiger partial charge in [-0.3, -0.25) is 4.98 Å². The number of anilines is 2. The van der Waals surface area contributed by atoms with Crippen LogP contribution in [0.2, 0.25) is 0 Å². The molecule has 0 aliphatic heterocycles. The molecule has 0 bridgehead atoms. The third-order valence-electron chi connectivity index (χ3n) is 1.85. The van der Waals surface area contributed by atoms with Crippen molar-refractivity contribution in [3.05, 3.63) is 42.7 Å². The van der Waals surface area contributed by atoms with E-state index in [0.717, 1.165) is 17.1 Å². The van der Waals surface area contributed by atoms with Gasteiger partial charge in [0, 0.05) is 11.3 Å². The fourth-order valence-electron chi connectivity index (χ4n) is 1.19. The normalized spacial score (nSPS) is 9.71. The smallest absolute Gasteiger partial charge is 0.164 e. The zero-order chi connectivity index (χ0) is 9.80. The van der Waals surface area contributed by atoms with Crippen molar-refractivity contribution >= 4 is 24.9 Å². The highest BCUT2D eigenvalue weighted by molar-refractivity contribution is 6.30. The molecule has 14 heavy (non-hydrogen) atoms. The molecule has 1 N–H and O–H groups in total. The van der Waals surface area contributed by atoms with E-state index in [4.69, 9.17) is 0 Å². The molecule has 0 aliphatic rings. The van der Waals surface area contributed by atoms with E-state index in [-0.39, 0.29) is 0 Å². The molecule has 0 radical (unpaired) electrons. The van der Waals surface area contributed by atoms with E-state index in [2.05, 4.69) is 15.3 Å². The van der Waals surface area contributed by atoms with Gasteiger partial charge >= 0.3 is 0 Å². The molecule has 1 aromatic carbocycles. The first kappa shape index (κ1) is 8.75. The largest absolute Gasteiger partial charge is 0.340 e. The Bertz CT molecular complexity index is 417. The second-order valence-electron chi connectivity index (χ2n) is 3.04. The lowest BCUT2D eigenvalue weighted by atomic mass is 10.1. The van der Waals surface area contributed by atoms with Gasteiger partial charge in [-0.15, -0.1) is 0 Å². The van der Waals surface area contributed by atoms with Crippen LogP contribution in [0, 0.1) is 0 Å². The van der Waals surface area contributed by atoms with Crippen LogP contribution >= 0.6 is 0 Å². The quantitative estimate of drug-likeness (QED) is 0.688. The van der Waals surface area contributed by atoms with Crippen LogP contribution in [0.3, 0.4) is 0 Å². The van der Waals surface area contributed by atoms with E-state index >= 15 is 0 Å². The molecule has 1 aromatic heterocycles. The van der Waals surface area contributed by atoms with Gasteiger partial charge in [0.2, 0.25) is 0 Å². The van der Waals surface area contributed by atoms with Gasteiger partial charge in [-0.25, -0.2) is 4.98 Å². The van der Waals surface area contributed by atoms with Crippen LogP contribution in [0.1, 0.15) is 0 Å². The Kier molecular flexibility index (Phi) is 2.45. The van der Waals surface area contributed by atoms with Gasteiger partial charge in [0.05, 0.1) is 0 Å². The topological polar surface area (TPSA) is 37.8 Å². The van der Waals surface area contributed by atoms with E-state index < -0.39 is 0 Å². The molecular weight excluding hydrogens is 173 g/mol. The van der Waals surface area contributed by atoms with Crippen LogP contribution in [0.4, 0.5) is 11.5 Å². The number of aromatic nitrogens is 2. The summed E-state index contributed by atoms with van der Waals surface area (Å²) in [6.45, 7) is 0. The van der Waals surface area contributed by atoms with Crippen LogP contribution in [0.25, 0.3) is 0 Å². The second kappa shape index (κ2) is 3.92. The summed E-state index contributed by atoms with van der Waals surface area (Å²) in [4.78, 5) is 8.14. The van der Waals surface area contributed by atoms with Gasteiger partial charge in [-0.1, -0.05) is 18.2 Å². The molecular formula is C10H10BN3. The summed E-state index contributed by atoms with van der Waals surface area (Å²) in [7, 11) is 1.94. The number of para-hydroxylation sites is 1. The molecule has 2 rings (SSSR count). The zero-order valence-electron chi connectivity index (χ0n) is 7.94. The summed E-state index contributed by atoms with van der Waals surface area (Å²) < 4.78 is 0. The summed E-state index contributed by atoms with van der Waals surface area (Å²) in [5.41, 5.74) is 1.99. The highest BCUT2D eigenvalue weighted by Gasteiger charge is 1.94. The minimum Gasteiger partial charge on any atom is -0.340 e. The van der Waals surface area contributed by atoms with E-state index in [1.807, 2.05) is 44.2 Å². The highest BCUT2D eigenvalue weighted by atomic mass is 15.0. The maximum atomic E-state index is 4.11. The van der Waals surface area contributed by atoms with Crippen molar-refractivity contribution in [2.75, 3.05) is 5.32 Å². The molecule has 68 valence electrons. The molecule has 0 saturated heterocycles. The first-order chi connectivity index (χ1) is 6.84. The Balaban J connectivity index is 2.19. The first-order valence-electron chi connectivity index (χ1n) is 4.45. The van der Waals surface area contributed by atoms with Gasteiger partial charge in [0.15, 0.2) is 7.85 Å². The Hall–Kier alpha value is -1.84. The number of nitrogens with one attached hydrogen (secondary N) is 1. The SMILES string of the molecule is Bc1cc(Nc2ccccc2)ncn1. The number of nitrogens with zero attached hydrogens (tertiary/aromatic N) is 2. The van der Waals surface area contributed by atoms with Crippen molar-refractivity contribution in [2.45, 2.75) is 0 Å². The van der Waals surface area contributed by atoms with Crippen LogP contribution in [-0.4, -0.2) is 17.8 Å². The fraction of sp³-hybridized carbons (Fsp3) is 0. The maximum Gasteiger partial charge on any atom is 0.164 e. The Morgan fingerprint density at radius 1 is 1.07 bits per heavy atom. The molecule has 0 unspecified atom stereocenters. The maximum absolute atomic E-state index is 4.11. The van der Waals surface area contributed by atoms with Gasteiger partial charge in [0.25, 0.3) is 0 Å². The van der Waals surface area contributed by atoms with Crippen LogP contribution in [0.5, 0.6) is 0 Å².